The van der Waals surface area contributed by atoms with E-state index in [1.165, 1.54) is 0 Å². The Hall–Kier alpha value is -1.85. The maximum absolute atomic E-state index is 12.8. The summed E-state index contributed by atoms with van der Waals surface area (Å²) >= 11 is 0. The Morgan fingerprint density at radius 1 is 1.35 bits per heavy atom. The van der Waals surface area contributed by atoms with Crippen LogP contribution in [0.2, 0.25) is 0 Å². The van der Waals surface area contributed by atoms with Crippen LogP contribution < -0.4 is 4.74 Å². The second-order valence-electron chi connectivity index (χ2n) is 3.28. The number of carbonyl (C=O) groups is 2. The van der Waals surface area contributed by atoms with E-state index in [9.17, 15) is 22.8 Å². The van der Waals surface area contributed by atoms with Crippen LogP contribution in [0.15, 0.2) is 12.1 Å². The van der Waals surface area contributed by atoms with Gasteiger partial charge in [0.25, 0.3) is 0 Å². The number of alkyl halides is 3. The Balaban J connectivity index is 3.67. The predicted molar refractivity (Wildman–Crippen MR) is 53.4 cm³/mol. The van der Waals surface area contributed by atoms with Gasteiger partial charge in [-0.15, -0.1) is 0 Å². The molecule has 0 bridgehead atoms. The van der Waals surface area contributed by atoms with Crippen LogP contribution in [0.3, 0.4) is 0 Å². The summed E-state index contributed by atoms with van der Waals surface area (Å²) in [4.78, 5) is 21.9. The molecule has 1 aromatic rings. The largest absolute Gasteiger partial charge is 0.496 e. The van der Waals surface area contributed by atoms with Crippen LogP contribution in [0, 0.1) is 0 Å². The van der Waals surface area contributed by atoms with Crippen LogP contribution in [0.5, 0.6) is 5.75 Å². The summed E-state index contributed by atoms with van der Waals surface area (Å²) in [7, 11) is 1.06. The van der Waals surface area contributed by atoms with E-state index in [4.69, 9.17) is 0 Å². The van der Waals surface area contributed by atoms with E-state index in [2.05, 4.69) is 4.74 Å². The molecule has 92 valence electrons. The molecule has 0 aromatic heterocycles. The standard InChI is InChI=1S/C11H9F3O3/c1-6(16)7-3-4-9(17-2)10(8(7)5-15)11(12,13)14/h3-5H,1-2H3. The van der Waals surface area contributed by atoms with Crippen LogP contribution in [0.4, 0.5) is 13.2 Å². The lowest BCUT2D eigenvalue weighted by molar-refractivity contribution is -0.139. The molecule has 0 fully saturated rings. The first-order chi connectivity index (χ1) is 7.82. The minimum absolute atomic E-state index is 0.0159. The molecule has 0 heterocycles. The first-order valence-electron chi connectivity index (χ1n) is 4.57. The summed E-state index contributed by atoms with van der Waals surface area (Å²) in [6.45, 7) is 1.09. The Bertz CT molecular complexity index is 464. The fourth-order valence-electron chi connectivity index (χ4n) is 1.49. The molecular weight excluding hydrogens is 237 g/mol. The van der Waals surface area contributed by atoms with E-state index in [0.29, 0.717) is 0 Å². The number of hydrogen-bond acceptors (Lipinski definition) is 3. The van der Waals surface area contributed by atoms with Crippen LogP contribution in [0.25, 0.3) is 0 Å². The molecule has 0 N–H and O–H groups in total. The zero-order valence-electron chi connectivity index (χ0n) is 9.09. The number of Topliss-reactive ketones (excluding diaryl/α,β-unsaturated/α-hetero) is 1. The van der Waals surface area contributed by atoms with Gasteiger partial charge in [-0.2, -0.15) is 13.2 Å². The Kier molecular flexibility index (Phi) is 3.55. The normalized spacial score (nSPS) is 11.1. The SMILES string of the molecule is COc1ccc(C(C)=O)c(C=O)c1C(F)(F)F. The number of benzene rings is 1. The number of aldehydes is 1. The lowest BCUT2D eigenvalue weighted by Crippen LogP contribution is -2.14. The summed E-state index contributed by atoms with van der Waals surface area (Å²) in [5.41, 5.74) is -2.18. The highest BCUT2D eigenvalue weighted by Crippen LogP contribution is 2.39. The molecule has 0 amide bonds. The maximum atomic E-state index is 12.8. The summed E-state index contributed by atoms with van der Waals surface area (Å²) in [5, 5.41) is 0. The van der Waals surface area contributed by atoms with Crippen molar-refractivity contribution in [1.29, 1.82) is 0 Å². The van der Waals surface area contributed by atoms with Crippen molar-refractivity contribution in [2.45, 2.75) is 13.1 Å². The van der Waals surface area contributed by atoms with Crippen LogP contribution in [-0.4, -0.2) is 19.2 Å². The van der Waals surface area contributed by atoms with Crippen molar-refractivity contribution < 1.29 is 27.5 Å². The molecule has 6 heteroatoms. The number of ether oxygens (including phenoxy) is 1. The number of rotatable bonds is 3. The van der Waals surface area contributed by atoms with Crippen molar-refractivity contribution in [3.05, 3.63) is 28.8 Å². The van der Waals surface area contributed by atoms with Gasteiger partial charge in [0.15, 0.2) is 12.1 Å². The molecule has 0 atom stereocenters. The molecule has 0 aliphatic carbocycles. The second kappa shape index (κ2) is 4.57. The summed E-state index contributed by atoms with van der Waals surface area (Å²) in [6.07, 6.45) is -4.74. The number of halogens is 3. The average molecular weight is 246 g/mol. The van der Waals surface area contributed by atoms with Crippen molar-refractivity contribution in [1.82, 2.24) is 0 Å². The van der Waals surface area contributed by atoms with Crippen LogP contribution >= 0.6 is 0 Å². The zero-order valence-corrected chi connectivity index (χ0v) is 9.09. The van der Waals surface area contributed by atoms with Gasteiger partial charge in [0, 0.05) is 11.1 Å². The molecule has 0 saturated heterocycles. The predicted octanol–water partition coefficient (Wildman–Crippen LogP) is 2.73. The number of hydrogen-bond donors (Lipinski definition) is 0. The van der Waals surface area contributed by atoms with Gasteiger partial charge in [0.1, 0.15) is 11.3 Å². The summed E-state index contributed by atoms with van der Waals surface area (Å²) in [6, 6.07) is 2.16. The van der Waals surface area contributed by atoms with E-state index >= 15 is 0 Å². The van der Waals surface area contributed by atoms with Crippen LogP contribution in [0.1, 0.15) is 33.2 Å². The fraction of sp³-hybridized carbons (Fsp3) is 0.273. The minimum atomic E-state index is -4.76. The van der Waals surface area contributed by atoms with E-state index in [1.807, 2.05) is 0 Å². The highest BCUT2D eigenvalue weighted by Gasteiger charge is 2.38. The maximum Gasteiger partial charge on any atom is 0.420 e. The Labute approximate surface area is 95.2 Å². The lowest BCUT2D eigenvalue weighted by atomic mass is 9.98. The van der Waals surface area contributed by atoms with Crippen molar-refractivity contribution >= 4 is 12.1 Å². The second-order valence-corrected chi connectivity index (χ2v) is 3.28. The first kappa shape index (κ1) is 13.2. The van der Waals surface area contributed by atoms with Crippen molar-refractivity contribution in [2.24, 2.45) is 0 Å². The molecule has 0 spiro atoms. The van der Waals surface area contributed by atoms with Gasteiger partial charge in [0.05, 0.1) is 7.11 Å². The average Bonchev–Trinajstić information content (AvgIpc) is 2.25. The molecule has 1 rings (SSSR count). The lowest BCUT2D eigenvalue weighted by Gasteiger charge is -2.15. The summed E-state index contributed by atoms with van der Waals surface area (Å²) in [5.74, 6) is -1.09. The third kappa shape index (κ3) is 2.46. The number of ketones is 1. The van der Waals surface area contributed by atoms with Gasteiger partial charge in [-0.3, -0.25) is 9.59 Å². The molecule has 1 aromatic carbocycles. The third-order valence-electron chi connectivity index (χ3n) is 2.21. The molecule has 3 nitrogen and oxygen atoms in total. The minimum Gasteiger partial charge on any atom is -0.496 e. The molecule has 0 unspecified atom stereocenters. The van der Waals surface area contributed by atoms with Crippen LogP contribution in [-0.2, 0) is 6.18 Å². The van der Waals surface area contributed by atoms with Gasteiger partial charge < -0.3 is 4.74 Å². The molecule has 17 heavy (non-hydrogen) atoms. The van der Waals surface area contributed by atoms with Gasteiger partial charge in [-0.25, -0.2) is 0 Å². The smallest absolute Gasteiger partial charge is 0.420 e. The van der Waals surface area contributed by atoms with Gasteiger partial charge in [0.2, 0.25) is 0 Å². The fourth-order valence-corrected chi connectivity index (χ4v) is 1.49. The Morgan fingerprint density at radius 3 is 2.29 bits per heavy atom. The summed E-state index contributed by atoms with van der Waals surface area (Å²) < 4.78 is 42.9. The van der Waals surface area contributed by atoms with Gasteiger partial charge in [-0.1, -0.05) is 0 Å². The molecule has 0 saturated carbocycles. The van der Waals surface area contributed by atoms with E-state index < -0.39 is 28.8 Å². The number of carbonyl (C=O) groups excluding carboxylic acids is 2. The zero-order chi connectivity index (χ0) is 13.2. The molecule has 0 aliphatic heterocycles. The third-order valence-corrected chi connectivity index (χ3v) is 2.21. The molecular formula is C11H9F3O3. The monoisotopic (exact) mass is 246 g/mol. The van der Waals surface area contributed by atoms with Crippen molar-refractivity contribution in [2.75, 3.05) is 7.11 Å². The topological polar surface area (TPSA) is 43.4 Å². The van der Waals surface area contributed by atoms with E-state index in [0.717, 1.165) is 26.2 Å². The van der Waals surface area contributed by atoms with Gasteiger partial charge in [-0.05, 0) is 19.1 Å². The molecule has 0 aliphatic rings. The van der Waals surface area contributed by atoms with Crippen molar-refractivity contribution in [3.8, 4) is 5.75 Å². The quantitative estimate of drug-likeness (QED) is 0.608. The Morgan fingerprint density at radius 2 is 1.94 bits per heavy atom. The molecule has 0 radical (unpaired) electrons. The van der Waals surface area contributed by atoms with Crippen molar-refractivity contribution in [3.63, 3.8) is 0 Å². The van der Waals surface area contributed by atoms with E-state index in [-0.39, 0.29) is 11.8 Å². The van der Waals surface area contributed by atoms with E-state index in [1.54, 1.807) is 0 Å². The first-order valence-corrected chi connectivity index (χ1v) is 4.57. The highest BCUT2D eigenvalue weighted by molar-refractivity contribution is 6.02. The highest BCUT2D eigenvalue weighted by atomic mass is 19.4. The van der Waals surface area contributed by atoms with Gasteiger partial charge >= 0.3 is 6.18 Å². The number of methoxy groups -OCH3 is 1.